The predicted molar refractivity (Wildman–Crippen MR) is 78.1 cm³/mol. The maximum Gasteiger partial charge on any atom is 0.246 e. The highest BCUT2D eigenvalue weighted by molar-refractivity contribution is 7.89. The number of nitrogens with zero attached hydrogens (tertiary/aromatic N) is 3. The summed E-state index contributed by atoms with van der Waals surface area (Å²) in [5.74, 6) is 0. The molecule has 1 unspecified atom stereocenters. The molecule has 1 fully saturated rings. The fraction of sp³-hybridized carbons (Fsp3) is 0.769. The number of aryl methyl sites for hydroxylation is 2. The summed E-state index contributed by atoms with van der Waals surface area (Å²) < 4.78 is 26.9. The van der Waals surface area contributed by atoms with Crippen LogP contribution in [0.4, 0.5) is 0 Å². The van der Waals surface area contributed by atoms with Crippen LogP contribution in [0.3, 0.4) is 0 Å². The van der Waals surface area contributed by atoms with E-state index in [-0.39, 0.29) is 0 Å². The van der Waals surface area contributed by atoms with Gasteiger partial charge in [0, 0.05) is 32.2 Å². The van der Waals surface area contributed by atoms with Crippen molar-refractivity contribution in [2.45, 2.75) is 45.1 Å². The molecule has 2 heterocycles. The summed E-state index contributed by atoms with van der Waals surface area (Å²) in [5, 5.41) is 6.74. The molecule has 0 aliphatic carbocycles. The second-order valence-electron chi connectivity index (χ2n) is 5.46. The van der Waals surface area contributed by atoms with Crippen molar-refractivity contribution in [3.05, 3.63) is 11.4 Å². The van der Waals surface area contributed by atoms with Gasteiger partial charge < -0.3 is 0 Å². The number of hydrogen-bond donors (Lipinski definition) is 1. The van der Waals surface area contributed by atoms with Crippen LogP contribution >= 0.6 is 0 Å². The Morgan fingerprint density at radius 3 is 2.30 bits per heavy atom. The Labute approximate surface area is 121 Å². The van der Waals surface area contributed by atoms with E-state index in [2.05, 4.69) is 28.9 Å². The maximum absolute atomic E-state index is 12.7. The van der Waals surface area contributed by atoms with Crippen LogP contribution in [0.25, 0.3) is 0 Å². The van der Waals surface area contributed by atoms with Gasteiger partial charge in [-0.2, -0.15) is 9.40 Å². The van der Waals surface area contributed by atoms with Crippen molar-refractivity contribution in [2.75, 3.05) is 26.2 Å². The van der Waals surface area contributed by atoms with Gasteiger partial charge >= 0.3 is 0 Å². The van der Waals surface area contributed by atoms with Gasteiger partial charge in [0.2, 0.25) is 10.0 Å². The van der Waals surface area contributed by atoms with Gasteiger partial charge in [0.1, 0.15) is 4.90 Å². The molecule has 0 amide bonds. The quantitative estimate of drug-likeness (QED) is 0.905. The van der Waals surface area contributed by atoms with Crippen LogP contribution in [-0.4, -0.2) is 60.0 Å². The molecule has 6 nitrogen and oxygen atoms in total. The summed E-state index contributed by atoms with van der Waals surface area (Å²) in [6, 6.07) is 0.511. The second-order valence-corrected chi connectivity index (χ2v) is 7.34. The molecule has 1 aromatic rings. The van der Waals surface area contributed by atoms with E-state index >= 15 is 0 Å². The van der Waals surface area contributed by atoms with E-state index in [9.17, 15) is 8.42 Å². The minimum absolute atomic E-state index is 0.342. The minimum atomic E-state index is -3.42. The number of nitrogens with one attached hydrogen (secondary N) is 1. The summed E-state index contributed by atoms with van der Waals surface area (Å²) in [6.07, 6.45) is 1.09. The molecule has 1 atom stereocenters. The zero-order valence-electron chi connectivity index (χ0n) is 12.7. The van der Waals surface area contributed by atoms with Crippen molar-refractivity contribution in [1.29, 1.82) is 0 Å². The molecule has 1 saturated heterocycles. The first kappa shape index (κ1) is 15.5. The van der Waals surface area contributed by atoms with E-state index in [1.807, 2.05) is 0 Å². The van der Waals surface area contributed by atoms with E-state index < -0.39 is 10.0 Å². The van der Waals surface area contributed by atoms with Crippen LogP contribution in [0.15, 0.2) is 4.90 Å². The Balaban J connectivity index is 2.14. The molecule has 1 aromatic heterocycles. The third-order valence-corrected chi connectivity index (χ3v) is 6.31. The van der Waals surface area contributed by atoms with E-state index in [0.29, 0.717) is 35.4 Å². The molecule has 114 valence electrons. The fourth-order valence-electron chi connectivity index (χ4n) is 2.69. The molecule has 0 aromatic carbocycles. The number of aromatic nitrogens is 2. The van der Waals surface area contributed by atoms with E-state index in [0.717, 1.165) is 19.5 Å². The number of sulfonamides is 1. The van der Waals surface area contributed by atoms with Crippen LogP contribution in [0, 0.1) is 13.8 Å². The first-order valence-electron chi connectivity index (χ1n) is 7.13. The molecule has 0 saturated carbocycles. The highest BCUT2D eigenvalue weighted by atomic mass is 32.2. The van der Waals surface area contributed by atoms with Gasteiger partial charge in [0.05, 0.1) is 11.4 Å². The van der Waals surface area contributed by atoms with Gasteiger partial charge in [0.15, 0.2) is 0 Å². The third kappa shape index (κ3) is 2.75. The summed E-state index contributed by atoms with van der Waals surface area (Å²) in [7, 11) is -3.42. The molecular formula is C13H24N4O2S. The van der Waals surface area contributed by atoms with Crippen molar-refractivity contribution >= 4 is 10.0 Å². The Hall–Kier alpha value is -0.920. The molecule has 1 N–H and O–H groups in total. The van der Waals surface area contributed by atoms with E-state index in [4.69, 9.17) is 0 Å². The number of H-pyrrole nitrogens is 1. The standard InChI is InChI=1S/C13H24N4O2S/c1-5-10(2)16-6-8-17(9-7-16)20(18,19)13-11(3)14-15-12(13)4/h10H,5-9H2,1-4H3,(H,14,15). The number of aromatic amines is 1. The van der Waals surface area contributed by atoms with Crippen LogP contribution in [-0.2, 0) is 10.0 Å². The van der Waals surface area contributed by atoms with Gasteiger partial charge in [-0.15, -0.1) is 0 Å². The molecule has 20 heavy (non-hydrogen) atoms. The summed E-state index contributed by atoms with van der Waals surface area (Å²) in [6.45, 7) is 10.5. The van der Waals surface area contributed by atoms with Crippen molar-refractivity contribution in [2.24, 2.45) is 0 Å². The molecule has 0 bridgehead atoms. The SMILES string of the molecule is CCC(C)N1CCN(S(=O)(=O)c2c(C)n[nH]c2C)CC1. The average molecular weight is 300 g/mol. The normalized spacial score (nSPS) is 20.2. The lowest BCUT2D eigenvalue weighted by atomic mass is 10.2. The molecule has 0 spiro atoms. The first-order chi connectivity index (χ1) is 9.37. The van der Waals surface area contributed by atoms with E-state index in [1.165, 1.54) is 0 Å². The molecule has 7 heteroatoms. The minimum Gasteiger partial charge on any atom is -0.298 e. The molecule has 2 rings (SSSR count). The molecule has 1 aliphatic rings. The smallest absolute Gasteiger partial charge is 0.246 e. The Kier molecular flexibility index (Phi) is 4.51. The largest absolute Gasteiger partial charge is 0.298 e. The van der Waals surface area contributed by atoms with Crippen molar-refractivity contribution in [3.63, 3.8) is 0 Å². The van der Waals surface area contributed by atoms with Crippen LogP contribution in [0.5, 0.6) is 0 Å². The molecule has 1 aliphatic heterocycles. The lowest BCUT2D eigenvalue weighted by molar-refractivity contribution is 0.142. The van der Waals surface area contributed by atoms with Gasteiger partial charge in [-0.1, -0.05) is 6.92 Å². The van der Waals surface area contributed by atoms with Gasteiger partial charge in [-0.3, -0.25) is 10.00 Å². The number of piperazine rings is 1. The fourth-order valence-corrected chi connectivity index (χ4v) is 4.45. The van der Waals surface area contributed by atoms with Crippen LogP contribution in [0.2, 0.25) is 0 Å². The van der Waals surface area contributed by atoms with Crippen molar-refractivity contribution in [3.8, 4) is 0 Å². The highest BCUT2D eigenvalue weighted by Gasteiger charge is 2.32. The summed E-state index contributed by atoms with van der Waals surface area (Å²) >= 11 is 0. The lowest BCUT2D eigenvalue weighted by Gasteiger charge is -2.37. The Bertz CT molecular complexity index is 539. The molecular weight excluding hydrogens is 276 g/mol. The Morgan fingerprint density at radius 2 is 1.85 bits per heavy atom. The zero-order valence-corrected chi connectivity index (χ0v) is 13.5. The van der Waals surface area contributed by atoms with E-state index in [1.54, 1.807) is 18.2 Å². The predicted octanol–water partition coefficient (Wildman–Crippen LogP) is 1.13. The first-order valence-corrected chi connectivity index (χ1v) is 8.57. The zero-order chi connectivity index (χ0) is 14.9. The number of hydrogen-bond acceptors (Lipinski definition) is 4. The second kappa shape index (κ2) is 5.83. The van der Waals surface area contributed by atoms with Crippen LogP contribution < -0.4 is 0 Å². The lowest BCUT2D eigenvalue weighted by Crippen LogP contribution is -2.51. The molecule has 0 radical (unpaired) electrons. The monoisotopic (exact) mass is 300 g/mol. The maximum atomic E-state index is 12.7. The van der Waals surface area contributed by atoms with Crippen molar-refractivity contribution < 1.29 is 8.42 Å². The van der Waals surface area contributed by atoms with Gasteiger partial charge in [-0.25, -0.2) is 8.42 Å². The Morgan fingerprint density at radius 1 is 1.25 bits per heavy atom. The van der Waals surface area contributed by atoms with Gasteiger partial charge in [0.25, 0.3) is 0 Å². The van der Waals surface area contributed by atoms with Gasteiger partial charge in [-0.05, 0) is 27.2 Å². The topological polar surface area (TPSA) is 69.3 Å². The van der Waals surface area contributed by atoms with Crippen molar-refractivity contribution in [1.82, 2.24) is 19.4 Å². The third-order valence-electron chi connectivity index (χ3n) is 4.15. The summed E-state index contributed by atoms with van der Waals surface area (Å²) in [5.41, 5.74) is 1.17. The average Bonchev–Trinajstić information content (AvgIpc) is 2.78. The number of rotatable bonds is 4. The summed E-state index contributed by atoms with van der Waals surface area (Å²) in [4.78, 5) is 2.69. The highest BCUT2D eigenvalue weighted by Crippen LogP contribution is 2.23. The van der Waals surface area contributed by atoms with Crippen LogP contribution in [0.1, 0.15) is 31.7 Å².